The van der Waals surface area contributed by atoms with Gasteiger partial charge in [0.2, 0.25) is 11.8 Å². The molecule has 2 aromatic rings. The average molecular weight is 337 g/mol. The summed E-state index contributed by atoms with van der Waals surface area (Å²) in [6, 6.07) is 12.6. The molecule has 2 heterocycles. The van der Waals surface area contributed by atoms with E-state index in [0.29, 0.717) is 18.5 Å². The van der Waals surface area contributed by atoms with Gasteiger partial charge in [-0.15, -0.1) is 0 Å². The van der Waals surface area contributed by atoms with E-state index in [9.17, 15) is 14.4 Å². The fraction of sp³-hybridized carbons (Fsp3) is 0.263. The van der Waals surface area contributed by atoms with Gasteiger partial charge in [-0.25, -0.2) is 0 Å². The van der Waals surface area contributed by atoms with E-state index in [4.69, 9.17) is 0 Å². The summed E-state index contributed by atoms with van der Waals surface area (Å²) in [7, 11) is 0. The van der Waals surface area contributed by atoms with E-state index in [1.165, 1.54) is 4.90 Å². The number of rotatable bonds is 6. The molecule has 0 saturated carbocycles. The molecule has 1 saturated heterocycles. The van der Waals surface area contributed by atoms with Gasteiger partial charge in [0.15, 0.2) is 0 Å². The maximum atomic E-state index is 12.1. The Morgan fingerprint density at radius 1 is 1.04 bits per heavy atom. The second-order valence-corrected chi connectivity index (χ2v) is 5.90. The van der Waals surface area contributed by atoms with Gasteiger partial charge in [0.25, 0.3) is 5.91 Å². The number of pyridine rings is 1. The van der Waals surface area contributed by atoms with Crippen molar-refractivity contribution < 1.29 is 14.4 Å². The van der Waals surface area contributed by atoms with Crippen LogP contribution in [0.25, 0.3) is 0 Å². The third kappa shape index (κ3) is 4.29. The summed E-state index contributed by atoms with van der Waals surface area (Å²) < 4.78 is 0. The predicted octanol–water partition coefficient (Wildman–Crippen LogP) is 1.70. The predicted molar refractivity (Wildman–Crippen MR) is 91.5 cm³/mol. The molecule has 6 heteroatoms. The quantitative estimate of drug-likeness (QED) is 0.814. The Morgan fingerprint density at radius 3 is 2.40 bits per heavy atom. The van der Waals surface area contributed by atoms with E-state index in [-0.39, 0.29) is 37.1 Å². The lowest BCUT2D eigenvalue weighted by Crippen LogP contribution is -2.28. The molecule has 0 unspecified atom stereocenters. The highest BCUT2D eigenvalue weighted by molar-refractivity contribution is 6.01. The first-order valence-electron chi connectivity index (χ1n) is 8.24. The van der Waals surface area contributed by atoms with Crippen LogP contribution in [0.1, 0.15) is 34.5 Å². The molecule has 1 aromatic heterocycles. The molecule has 1 N–H and O–H groups in total. The lowest BCUT2D eigenvalue weighted by molar-refractivity contribution is -0.139. The zero-order valence-corrected chi connectivity index (χ0v) is 13.8. The van der Waals surface area contributed by atoms with Crippen molar-refractivity contribution in [3.05, 3.63) is 65.5 Å². The Labute approximate surface area is 145 Å². The molecule has 0 spiro atoms. The molecule has 1 aliphatic rings. The van der Waals surface area contributed by atoms with Crippen molar-refractivity contribution in [3.63, 3.8) is 0 Å². The lowest BCUT2D eigenvalue weighted by atomic mass is 10.1. The third-order valence-electron chi connectivity index (χ3n) is 4.10. The van der Waals surface area contributed by atoms with Gasteiger partial charge in [-0.05, 0) is 29.8 Å². The molecule has 0 bridgehead atoms. The second-order valence-electron chi connectivity index (χ2n) is 5.90. The van der Waals surface area contributed by atoms with Crippen molar-refractivity contribution in [2.75, 3.05) is 6.54 Å². The van der Waals surface area contributed by atoms with Crippen LogP contribution < -0.4 is 5.32 Å². The van der Waals surface area contributed by atoms with E-state index < -0.39 is 0 Å². The zero-order valence-electron chi connectivity index (χ0n) is 13.8. The van der Waals surface area contributed by atoms with Crippen molar-refractivity contribution in [1.29, 1.82) is 0 Å². The summed E-state index contributed by atoms with van der Waals surface area (Å²) >= 11 is 0. The van der Waals surface area contributed by atoms with Crippen molar-refractivity contribution in [2.45, 2.75) is 25.8 Å². The summed E-state index contributed by atoms with van der Waals surface area (Å²) in [6.45, 7) is 0.771. The van der Waals surface area contributed by atoms with Crippen LogP contribution >= 0.6 is 0 Å². The first-order chi connectivity index (χ1) is 12.1. The maximum Gasteiger partial charge on any atom is 0.251 e. The van der Waals surface area contributed by atoms with E-state index in [1.807, 2.05) is 18.2 Å². The van der Waals surface area contributed by atoms with Gasteiger partial charge in [0.05, 0.1) is 6.54 Å². The SMILES string of the molecule is O=C(NCCc1ccccn1)c1ccc(CN2C(=O)CCC2=O)cc1. The Bertz CT molecular complexity index is 756. The van der Waals surface area contributed by atoms with Crippen LogP contribution in [0.5, 0.6) is 0 Å². The topological polar surface area (TPSA) is 79.4 Å². The number of imide groups is 1. The number of hydrogen-bond donors (Lipinski definition) is 1. The van der Waals surface area contributed by atoms with Gasteiger partial charge in [0.1, 0.15) is 0 Å². The first-order valence-corrected chi connectivity index (χ1v) is 8.24. The fourth-order valence-electron chi connectivity index (χ4n) is 2.70. The molecule has 1 aromatic carbocycles. The number of carbonyl (C=O) groups excluding carboxylic acids is 3. The van der Waals surface area contributed by atoms with Gasteiger partial charge in [-0.3, -0.25) is 24.3 Å². The number of likely N-dealkylation sites (tertiary alicyclic amines) is 1. The van der Waals surface area contributed by atoms with Crippen molar-refractivity contribution >= 4 is 17.7 Å². The lowest BCUT2D eigenvalue weighted by Gasteiger charge is -2.14. The molecule has 6 nitrogen and oxygen atoms in total. The molecule has 1 aliphatic heterocycles. The minimum absolute atomic E-state index is 0.138. The fourth-order valence-corrected chi connectivity index (χ4v) is 2.70. The summed E-state index contributed by atoms with van der Waals surface area (Å²) in [5, 5.41) is 2.86. The second kappa shape index (κ2) is 7.70. The normalized spacial score (nSPS) is 14.0. The van der Waals surface area contributed by atoms with Crippen LogP contribution in [0, 0.1) is 0 Å². The van der Waals surface area contributed by atoms with E-state index >= 15 is 0 Å². The first kappa shape index (κ1) is 16.8. The number of aromatic nitrogens is 1. The third-order valence-corrected chi connectivity index (χ3v) is 4.10. The molecule has 128 valence electrons. The van der Waals surface area contributed by atoms with Crippen LogP contribution in [0.2, 0.25) is 0 Å². The smallest absolute Gasteiger partial charge is 0.251 e. The highest BCUT2D eigenvalue weighted by Crippen LogP contribution is 2.16. The van der Waals surface area contributed by atoms with Crippen LogP contribution in [-0.2, 0) is 22.6 Å². The summed E-state index contributed by atoms with van der Waals surface area (Å²) in [5.74, 6) is -0.432. The van der Waals surface area contributed by atoms with E-state index in [2.05, 4.69) is 10.3 Å². The monoisotopic (exact) mass is 337 g/mol. The van der Waals surface area contributed by atoms with Crippen LogP contribution in [0.4, 0.5) is 0 Å². The van der Waals surface area contributed by atoms with Gasteiger partial charge in [0, 0.05) is 43.3 Å². The highest BCUT2D eigenvalue weighted by Gasteiger charge is 2.28. The average Bonchev–Trinajstić information content (AvgIpc) is 2.95. The molecule has 3 rings (SSSR count). The summed E-state index contributed by atoms with van der Waals surface area (Å²) in [5.41, 5.74) is 2.30. The number of amides is 3. The Balaban J connectivity index is 1.52. The van der Waals surface area contributed by atoms with Crippen molar-refractivity contribution in [2.24, 2.45) is 0 Å². The van der Waals surface area contributed by atoms with Crippen LogP contribution in [0.15, 0.2) is 48.7 Å². The van der Waals surface area contributed by atoms with Gasteiger partial charge in [-0.1, -0.05) is 18.2 Å². The molecule has 0 radical (unpaired) electrons. The highest BCUT2D eigenvalue weighted by atomic mass is 16.2. The molecule has 1 fully saturated rings. The Kier molecular flexibility index (Phi) is 5.18. The zero-order chi connectivity index (χ0) is 17.6. The molecular weight excluding hydrogens is 318 g/mol. The van der Waals surface area contributed by atoms with Crippen LogP contribution in [-0.4, -0.2) is 34.2 Å². The number of benzene rings is 1. The van der Waals surface area contributed by atoms with Gasteiger partial charge >= 0.3 is 0 Å². The van der Waals surface area contributed by atoms with E-state index in [0.717, 1.165) is 11.3 Å². The summed E-state index contributed by atoms with van der Waals surface area (Å²) in [4.78, 5) is 40.9. The maximum absolute atomic E-state index is 12.1. The van der Waals surface area contributed by atoms with Crippen molar-refractivity contribution in [1.82, 2.24) is 15.2 Å². The number of carbonyl (C=O) groups is 3. The van der Waals surface area contributed by atoms with Crippen LogP contribution in [0.3, 0.4) is 0 Å². The Hall–Kier alpha value is -3.02. The van der Waals surface area contributed by atoms with Gasteiger partial charge in [-0.2, -0.15) is 0 Å². The van der Waals surface area contributed by atoms with Gasteiger partial charge < -0.3 is 5.32 Å². The van der Waals surface area contributed by atoms with E-state index in [1.54, 1.807) is 30.5 Å². The standard InChI is InChI=1S/C19H19N3O3/c23-17-8-9-18(24)22(17)13-14-4-6-15(7-5-14)19(25)21-12-10-16-3-1-2-11-20-16/h1-7,11H,8-10,12-13H2,(H,21,25). The molecule has 0 atom stereocenters. The van der Waals surface area contributed by atoms with Crippen molar-refractivity contribution in [3.8, 4) is 0 Å². The number of hydrogen-bond acceptors (Lipinski definition) is 4. The molecular formula is C19H19N3O3. The molecule has 3 amide bonds. The summed E-state index contributed by atoms with van der Waals surface area (Å²) in [6.07, 6.45) is 2.97. The molecule has 25 heavy (non-hydrogen) atoms. The Morgan fingerprint density at radius 2 is 1.76 bits per heavy atom. The number of nitrogens with one attached hydrogen (secondary N) is 1. The minimum atomic E-state index is -0.157. The number of nitrogens with zero attached hydrogens (tertiary/aromatic N) is 2. The molecule has 0 aliphatic carbocycles. The largest absolute Gasteiger partial charge is 0.352 e. The minimum Gasteiger partial charge on any atom is -0.352 e.